The summed E-state index contributed by atoms with van der Waals surface area (Å²) in [7, 11) is -3.94. The number of carbonyl (C=O) groups is 1. The van der Waals surface area contributed by atoms with Crippen molar-refractivity contribution in [3.05, 3.63) is 0 Å². The van der Waals surface area contributed by atoms with Gasteiger partial charge in [0.2, 0.25) is 10.0 Å². The number of alkyl halides is 2. The first-order chi connectivity index (χ1) is 8.74. The predicted octanol–water partition coefficient (Wildman–Crippen LogP) is 1.30. The molecule has 1 saturated carbocycles. The molecule has 0 spiro atoms. The van der Waals surface area contributed by atoms with E-state index in [0.29, 0.717) is 12.8 Å². The molecule has 19 heavy (non-hydrogen) atoms. The number of hydrogen-bond acceptors (Lipinski definition) is 3. The van der Waals surface area contributed by atoms with E-state index in [1.54, 1.807) is 0 Å². The Labute approximate surface area is 110 Å². The maximum absolute atomic E-state index is 13.5. The number of aliphatic carboxylic acids is 1. The Hall–Kier alpha value is -0.760. The van der Waals surface area contributed by atoms with E-state index >= 15 is 0 Å². The normalized spacial score (nSPS) is 31.7. The molecule has 0 bridgehead atoms. The summed E-state index contributed by atoms with van der Waals surface area (Å²) in [5.74, 6) is -6.00. The molecule has 0 aromatic heterocycles. The Balaban J connectivity index is 2.12. The van der Waals surface area contributed by atoms with Gasteiger partial charge in [-0.2, -0.15) is 4.31 Å². The molecule has 0 radical (unpaired) electrons. The van der Waals surface area contributed by atoms with E-state index in [-0.39, 0.29) is 25.8 Å². The summed E-state index contributed by atoms with van der Waals surface area (Å²) < 4.78 is 52.1. The van der Waals surface area contributed by atoms with E-state index in [1.807, 2.05) is 0 Å². The molecule has 1 aliphatic carbocycles. The first kappa shape index (κ1) is 14.6. The van der Waals surface area contributed by atoms with E-state index < -0.39 is 39.6 Å². The molecule has 1 saturated heterocycles. The topological polar surface area (TPSA) is 74.7 Å². The number of sulfonamides is 1. The van der Waals surface area contributed by atoms with Crippen LogP contribution in [0.25, 0.3) is 0 Å². The van der Waals surface area contributed by atoms with Crippen molar-refractivity contribution in [1.29, 1.82) is 0 Å². The third-order valence-corrected chi connectivity index (χ3v) is 5.89. The number of carboxylic acids is 1. The first-order valence-corrected chi connectivity index (χ1v) is 7.95. The van der Waals surface area contributed by atoms with Gasteiger partial charge < -0.3 is 5.11 Å². The predicted molar refractivity (Wildman–Crippen MR) is 63.4 cm³/mol. The van der Waals surface area contributed by atoms with E-state index in [1.165, 1.54) is 0 Å². The second kappa shape index (κ2) is 4.97. The van der Waals surface area contributed by atoms with Crippen LogP contribution in [0.4, 0.5) is 8.78 Å². The molecule has 2 atom stereocenters. The van der Waals surface area contributed by atoms with Gasteiger partial charge in [0.25, 0.3) is 5.92 Å². The van der Waals surface area contributed by atoms with Crippen LogP contribution in [-0.2, 0) is 14.8 Å². The summed E-state index contributed by atoms with van der Waals surface area (Å²) in [6.45, 7) is 0.109. The second-order valence-electron chi connectivity index (χ2n) is 5.24. The van der Waals surface area contributed by atoms with Crippen molar-refractivity contribution in [1.82, 2.24) is 4.31 Å². The van der Waals surface area contributed by atoms with Crippen LogP contribution >= 0.6 is 0 Å². The van der Waals surface area contributed by atoms with E-state index in [0.717, 1.165) is 4.31 Å². The van der Waals surface area contributed by atoms with Crippen LogP contribution < -0.4 is 0 Å². The van der Waals surface area contributed by atoms with Gasteiger partial charge in [-0.05, 0) is 25.7 Å². The molecule has 110 valence electrons. The van der Waals surface area contributed by atoms with Crippen molar-refractivity contribution in [3.63, 3.8) is 0 Å². The first-order valence-electron chi connectivity index (χ1n) is 6.34. The van der Waals surface area contributed by atoms with Gasteiger partial charge >= 0.3 is 5.97 Å². The molecular weight excluding hydrogens is 280 g/mol. The molecule has 5 nitrogen and oxygen atoms in total. The van der Waals surface area contributed by atoms with Gasteiger partial charge in [0, 0.05) is 18.9 Å². The summed E-state index contributed by atoms with van der Waals surface area (Å²) in [5.41, 5.74) is 0. The zero-order valence-corrected chi connectivity index (χ0v) is 11.2. The smallest absolute Gasteiger partial charge is 0.322 e. The lowest BCUT2D eigenvalue weighted by Crippen LogP contribution is -2.44. The molecule has 2 unspecified atom stereocenters. The fraction of sp³-hybridized carbons (Fsp3) is 0.909. The van der Waals surface area contributed by atoms with Gasteiger partial charge in [-0.3, -0.25) is 4.79 Å². The fourth-order valence-electron chi connectivity index (χ4n) is 2.87. The highest BCUT2D eigenvalue weighted by molar-refractivity contribution is 7.89. The highest BCUT2D eigenvalue weighted by atomic mass is 32.2. The van der Waals surface area contributed by atoms with Gasteiger partial charge in [0.15, 0.2) is 0 Å². The van der Waals surface area contributed by atoms with E-state index in [2.05, 4.69) is 0 Å². The van der Waals surface area contributed by atoms with Crippen molar-refractivity contribution in [2.24, 2.45) is 5.92 Å². The van der Waals surface area contributed by atoms with Gasteiger partial charge in [0.05, 0.1) is 5.75 Å². The molecule has 0 aromatic rings. The number of carboxylic acid groups (broad SMARTS) is 1. The minimum atomic E-state index is -3.94. The van der Waals surface area contributed by atoms with Gasteiger partial charge in [-0.25, -0.2) is 17.2 Å². The standard InChI is InChI=1S/C11H17F2NO4S/c12-11(13)5-1-3-8(11)7-19(17,18)14-6-2-4-9(14)10(15)16/h8-9H,1-7H2,(H,15,16). The van der Waals surface area contributed by atoms with Crippen molar-refractivity contribution >= 4 is 16.0 Å². The third-order valence-electron chi connectivity index (χ3n) is 3.92. The lowest BCUT2D eigenvalue weighted by Gasteiger charge is -2.25. The van der Waals surface area contributed by atoms with Crippen LogP contribution in [0.2, 0.25) is 0 Å². The molecule has 8 heteroatoms. The summed E-state index contributed by atoms with van der Waals surface area (Å²) in [6, 6.07) is -1.10. The molecule has 1 heterocycles. The van der Waals surface area contributed by atoms with Crippen LogP contribution in [0.15, 0.2) is 0 Å². The molecule has 2 aliphatic rings. The van der Waals surface area contributed by atoms with Crippen LogP contribution in [0.5, 0.6) is 0 Å². The average Bonchev–Trinajstić information content (AvgIpc) is 2.86. The molecule has 2 fully saturated rings. The molecular formula is C11H17F2NO4S. The Morgan fingerprint density at radius 1 is 1.32 bits per heavy atom. The Morgan fingerprint density at radius 3 is 2.53 bits per heavy atom. The van der Waals surface area contributed by atoms with Crippen LogP contribution in [0.1, 0.15) is 32.1 Å². The summed E-state index contributed by atoms with van der Waals surface area (Å²) >= 11 is 0. The largest absolute Gasteiger partial charge is 0.480 e. The van der Waals surface area contributed by atoms with Crippen LogP contribution in [-0.4, -0.2) is 48.1 Å². The lowest BCUT2D eigenvalue weighted by molar-refractivity contribution is -0.140. The third kappa shape index (κ3) is 2.89. The van der Waals surface area contributed by atoms with Crippen molar-refractivity contribution < 1.29 is 27.1 Å². The molecule has 1 aliphatic heterocycles. The van der Waals surface area contributed by atoms with Crippen molar-refractivity contribution in [2.75, 3.05) is 12.3 Å². The second-order valence-corrected chi connectivity index (χ2v) is 7.20. The van der Waals surface area contributed by atoms with Crippen molar-refractivity contribution in [3.8, 4) is 0 Å². The van der Waals surface area contributed by atoms with Gasteiger partial charge in [-0.15, -0.1) is 0 Å². The fourth-order valence-corrected chi connectivity index (χ4v) is 4.98. The molecule has 0 aromatic carbocycles. The molecule has 2 rings (SSSR count). The number of rotatable bonds is 4. The Morgan fingerprint density at radius 2 is 2.00 bits per heavy atom. The maximum atomic E-state index is 13.5. The number of hydrogen-bond donors (Lipinski definition) is 1. The van der Waals surface area contributed by atoms with Crippen LogP contribution in [0.3, 0.4) is 0 Å². The number of halogens is 2. The van der Waals surface area contributed by atoms with E-state index in [9.17, 15) is 22.0 Å². The highest BCUT2D eigenvalue weighted by Crippen LogP contribution is 2.41. The maximum Gasteiger partial charge on any atom is 0.322 e. The van der Waals surface area contributed by atoms with Gasteiger partial charge in [0.1, 0.15) is 6.04 Å². The minimum absolute atomic E-state index is 0.109. The summed E-state index contributed by atoms with van der Waals surface area (Å²) in [4.78, 5) is 11.0. The average molecular weight is 297 g/mol. The Bertz CT molecular complexity index is 465. The zero-order valence-electron chi connectivity index (χ0n) is 10.4. The highest BCUT2D eigenvalue weighted by Gasteiger charge is 2.48. The van der Waals surface area contributed by atoms with Gasteiger partial charge in [-0.1, -0.05) is 0 Å². The minimum Gasteiger partial charge on any atom is -0.480 e. The SMILES string of the molecule is O=C(O)C1CCCN1S(=O)(=O)CC1CCCC1(F)F. The van der Waals surface area contributed by atoms with Crippen molar-refractivity contribution in [2.45, 2.75) is 44.1 Å². The van der Waals surface area contributed by atoms with E-state index in [4.69, 9.17) is 5.11 Å². The molecule has 1 N–H and O–H groups in total. The zero-order chi connectivity index (χ0) is 14.3. The quantitative estimate of drug-likeness (QED) is 0.848. The lowest BCUT2D eigenvalue weighted by atomic mass is 10.1. The van der Waals surface area contributed by atoms with Crippen LogP contribution in [0, 0.1) is 5.92 Å². The summed E-state index contributed by atoms with van der Waals surface area (Å²) in [6.07, 6.45) is 0.912. The number of nitrogens with zero attached hydrogens (tertiary/aromatic N) is 1. The molecule has 0 amide bonds. The summed E-state index contributed by atoms with van der Waals surface area (Å²) in [5, 5.41) is 8.96. The Kier molecular flexibility index (Phi) is 3.83. The monoisotopic (exact) mass is 297 g/mol.